The van der Waals surface area contributed by atoms with Gasteiger partial charge in [-0.25, -0.2) is 10.0 Å². The summed E-state index contributed by atoms with van der Waals surface area (Å²) in [5.41, 5.74) is 1.37. The van der Waals surface area contributed by atoms with E-state index in [4.69, 9.17) is 9.60 Å². The van der Waals surface area contributed by atoms with Crippen LogP contribution in [0.1, 0.15) is 34.8 Å². The first-order valence-corrected chi connectivity index (χ1v) is 6.67. The predicted octanol–water partition coefficient (Wildman–Crippen LogP) is 2.06. The smallest absolute Gasteiger partial charge is 0.261 e. The minimum atomic E-state index is -3.45. The van der Waals surface area contributed by atoms with Gasteiger partial charge in [0, 0.05) is 23.7 Å². The monoisotopic (exact) mass is 307 g/mol. The molecule has 1 atom stereocenters. The van der Waals surface area contributed by atoms with E-state index in [2.05, 4.69) is 4.99 Å². The molecule has 1 aromatic carbocycles. The van der Waals surface area contributed by atoms with Crippen LogP contribution in [0.25, 0.3) is 0 Å². The summed E-state index contributed by atoms with van der Waals surface area (Å²) < 4.78 is 54.2. The van der Waals surface area contributed by atoms with Crippen LogP contribution < -0.4 is 5.01 Å². The summed E-state index contributed by atoms with van der Waals surface area (Å²) in [6, 6.07) is 5.00. The Morgan fingerprint density at radius 1 is 1.32 bits per heavy atom. The van der Waals surface area contributed by atoms with Gasteiger partial charge in [0.2, 0.25) is 5.96 Å². The first kappa shape index (κ1) is 8.31. The summed E-state index contributed by atoms with van der Waals surface area (Å²) in [4.78, 5) is 32.2. The number of amides is 2. The number of aliphatic imine (C=N–C) groups is 1. The van der Waals surface area contributed by atoms with E-state index in [1.165, 1.54) is 4.90 Å². The molecule has 1 fully saturated rings. The van der Waals surface area contributed by atoms with Gasteiger partial charge in [0.15, 0.2) is 0 Å². The molecule has 22 heavy (non-hydrogen) atoms. The molecule has 2 heterocycles. The molecule has 0 spiro atoms. The van der Waals surface area contributed by atoms with Gasteiger partial charge < -0.3 is 4.90 Å². The Kier molecular flexibility index (Phi) is 1.93. The molecule has 116 valence electrons. The van der Waals surface area contributed by atoms with E-state index in [-0.39, 0.29) is 11.6 Å². The SMILES string of the molecule is [2H]C([2H])([2H])C([2H])([2H])C([2H])([2H])C1C(=O)N2C(N(C)C)=Nc3ccc(C)cc3N2C1=O. The average Bonchev–Trinajstić information content (AvgIpc) is 2.84. The molecule has 3 rings (SSSR count). The van der Waals surface area contributed by atoms with Crippen LogP contribution in [-0.4, -0.2) is 41.8 Å². The Balaban J connectivity index is 2.20. The van der Waals surface area contributed by atoms with Gasteiger partial charge in [0.05, 0.1) is 11.4 Å². The van der Waals surface area contributed by atoms with Crippen molar-refractivity contribution in [2.24, 2.45) is 10.9 Å². The fraction of sp³-hybridized carbons (Fsp3) is 0.438. The number of carbonyl (C=O) groups is 2. The Bertz CT molecular complexity index is 926. The van der Waals surface area contributed by atoms with Crippen molar-refractivity contribution in [3.8, 4) is 0 Å². The minimum Gasteiger partial charge on any atom is -0.347 e. The molecular formula is C16H20N4O2. The van der Waals surface area contributed by atoms with Crippen molar-refractivity contribution in [3.05, 3.63) is 23.8 Å². The first-order chi connectivity index (χ1) is 13.1. The van der Waals surface area contributed by atoms with Crippen molar-refractivity contribution in [3.63, 3.8) is 0 Å². The number of fused-ring (bicyclic) bond motifs is 3. The van der Waals surface area contributed by atoms with Crippen LogP contribution in [-0.2, 0) is 9.59 Å². The summed E-state index contributed by atoms with van der Waals surface area (Å²) in [6.07, 6.45) is -6.75. The fourth-order valence-electron chi connectivity index (χ4n) is 2.50. The third-order valence-corrected chi connectivity index (χ3v) is 3.50. The molecule has 1 saturated heterocycles. The molecule has 0 bridgehead atoms. The van der Waals surface area contributed by atoms with Gasteiger partial charge in [0.25, 0.3) is 11.8 Å². The second-order valence-electron chi connectivity index (χ2n) is 5.30. The van der Waals surface area contributed by atoms with Gasteiger partial charge in [0.1, 0.15) is 5.92 Å². The number of nitrogens with zero attached hydrogens (tertiary/aromatic N) is 4. The van der Waals surface area contributed by atoms with E-state index >= 15 is 0 Å². The average molecular weight is 307 g/mol. The number of benzene rings is 1. The van der Waals surface area contributed by atoms with Crippen LogP contribution in [0.2, 0.25) is 0 Å². The van der Waals surface area contributed by atoms with Gasteiger partial charge in [-0.3, -0.25) is 9.59 Å². The molecular weight excluding hydrogens is 280 g/mol. The third kappa shape index (κ3) is 1.98. The Labute approximate surface area is 139 Å². The van der Waals surface area contributed by atoms with Crippen LogP contribution in [0.3, 0.4) is 0 Å². The number of guanidine groups is 1. The van der Waals surface area contributed by atoms with Crippen LogP contribution in [0.15, 0.2) is 23.2 Å². The zero-order chi connectivity index (χ0) is 22.1. The first-order valence-electron chi connectivity index (χ1n) is 10.2. The largest absolute Gasteiger partial charge is 0.347 e. The highest BCUT2D eigenvalue weighted by Gasteiger charge is 2.50. The second kappa shape index (κ2) is 5.12. The molecule has 0 saturated carbocycles. The summed E-state index contributed by atoms with van der Waals surface area (Å²) in [5, 5.41) is 1.83. The van der Waals surface area contributed by atoms with Crippen molar-refractivity contribution in [1.29, 1.82) is 0 Å². The maximum absolute atomic E-state index is 13.2. The summed E-state index contributed by atoms with van der Waals surface area (Å²) >= 11 is 0. The molecule has 0 aromatic heterocycles. The number of hydrazine groups is 1. The molecule has 2 amide bonds. The number of hydrogen-bond donors (Lipinski definition) is 0. The Morgan fingerprint density at radius 3 is 2.73 bits per heavy atom. The van der Waals surface area contributed by atoms with Gasteiger partial charge in [-0.15, -0.1) is 0 Å². The molecule has 2 aliphatic rings. The molecule has 2 aliphatic heterocycles. The maximum Gasteiger partial charge on any atom is 0.261 e. The van der Waals surface area contributed by atoms with Crippen molar-refractivity contribution in [2.45, 2.75) is 26.5 Å². The number of rotatable bonds is 2. The van der Waals surface area contributed by atoms with Gasteiger partial charge >= 0.3 is 0 Å². The molecule has 1 unspecified atom stereocenters. The van der Waals surface area contributed by atoms with E-state index in [1.807, 2.05) is 0 Å². The number of carbonyl (C=O) groups excluding carboxylic acids is 2. The molecule has 6 heteroatoms. The topological polar surface area (TPSA) is 56.2 Å². The van der Waals surface area contributed by atoms with E-state index in [0.29, 0.717) is 5.69 Å². The van der Waals surface area contributed by atoms with E-state index in [0.717, 1.165) is 15.6 Å². The highest BCUT2D eigenvalue weighted by molar-refractivity contribution is 6.22. The fourth-order valence-corrected chi connectivity index (χ4v) is 2.50. The van der Waals surface area contributed by atoms with Crippen molar-refractivity contribution in [2.75, 3.05) is 19.1 Å². The lowest BCUT2D eigenvalue weighted by molar-refractivity contribution is -0.130. The lowest BCUT2D eigenvalue weighted by atomic mass is 10.0. The highest BCUT2D eigenvalue weighted by atomic mass is 16.2. The third-order valence-electron chi connectivity index (χ3n) is 3.50. The van der Waals surface area contributed by atoms with Gasteiger partial charge in [-0.1, -0.05) is 19.3 Å². The zero-order valence-corrected chi connectivity index (χ0v) is 12.4. The Hall–Kier alpha value is -2.37. The van der Waals surface area contributed by atoms with Crippen LogP contribution in [0, 0.1) is 12.8 Å². The number of hydrogen-bond acceptors (Lipinski definition) is 4. The normalized spacial score (nSPS) is 26.6. The minimum absolute atomic E-state index is 0.0347. The van der Waals surface area contributed by atoms with E-state index in [1.54, 1.807) is 39.2 Å². The van der Waals surface area contributed by atoms with Gasteiger partial charge in [-0.2, -0.15) is 5.01 Å². The van der Waals surface area contributed by atoms with Crippen LogP contribution in [0.5, 0.6) is 0 Å². The van der Waals surface area contributed by atoms with Crippen molar-refractivity contribution < 1.29 is 19.2 Å². The van der Waals surface area contributed by atoms with Gasteiger partial charge in [-0.05, 0) is 31.0 Å². The molecule has 0 aliphatic carbocycles. The second-order valence-corrected chi connectivity index (χ2v) is 5.30. The lowest BCUT2D eigenvalue weighted by Gasteiger charge is -2.35. The van der Waals surface area contributed by atoms with E-state index in [9.17, 15) is 9.59 Å². The van der Waals surface area contributed by atoms with Crippen molar-refractivity contribution in [1.82, 2.24) is 9.91 Å². The summed E-state index contributed by atoms with van der Waals surface area (Å²) in [5.74, 6) is -4.27. The molecule has 0 radical (unpaired) electrons. The van der Waals surface area contributed by atoms with Crippen LogP contribution >= 0.6 is 0 Å². The Morgan fingerprint density at radius 2 is 2.05 bits per heavy atom. The van der Waals surface area contributed by atoms with Crippen LogP contribution in [0.4, 0.5) is 11.4 Å². The number of aryl methyl sites for hydroxylation is 1. The summed E-state index contributed by atoms with van der Waals surface area (Å²) in [7, 11) is 3.16. The van der Waals surface area contributed by atoms with Crippen molar-refractivity contribution >= 4 is 29.1 Å². The summed E-state index contributed by atoms with van der Waals surface area (Å²) in [6.45, 7) is -1.62. The van der Waals surface area contributed by atoms with E-state index < -0.39 is 37.3 Å². The molecule has 1 aromatic rings. The molecule has 0 N–H and O–H groups in total. The lowest BCUT2D eigenvalue weighted by Crippen LogP contribution is -2.52. The highest BCUT2D eigenvalue weighted by Crippen LogP contribution is 2.40. The zero-order valence-electron chi connectivity index (χ0n) is 19.4. The predicted molar refractivity (Wildman–Crippen MR) is 84.7 cm³/mol. The standard InChI is InChI=1S/C16H20N4O2/c1-5-6-11-14(21)19-13-9-10(2)7-8-12(13)17-16(18(3)4)20(19)15(11)22/h7-9,11H,5-6H2,1-4H3/i1D3,5D2,6D2. The quantitative estimate of drug-likeness (QED) is 0.786. The maximum atomic E-state index is 13.2. The molecule has 6 nitrogen and oxygen atoms in total. The number of anilines is 1.